The minimum Gasteiger partial charge on any atom is -0.494 e. The minimum absolute atomic E-state index is 0.0000985. The first-order chi connectivity index (χ1) is 16.9. The van der Waals surface area contributed by atoms with E-state index in [1.54, 1.807) is 34.0 Å². The molecule has 0 saturated carbocycles. The fraction of sp³-hybridized carbons (Fsp3) is 0.261. The lowest BCUT2D eigenvalue weighted by atomic mass is 10.1. The van der Waals surface area contributed by atoms with E-state index in [1.165, 1.54) is 31.6 Å². The molecule has 0 aliphatic carbocycles. The number of carbonyl (C=O) groups is 2. The Morgan fingerprint density at radius 3 is 2.63 bits per heavy atom. The van der Waals surface area contributed by atoms with Crippen LogP contribution in [0.4, 0.5) is 17.1 Å². The standard InChI is InChI=1S/C23H22N4O7S/c1-32-19-8-14(5-6-17(19)26-7-3-4-22(26)28)25-23(29)16-9-20(33-2)21(10-18(16)27(30)31)34-11-15-12-35-13-24-15/h5-6,8-10,12-13H,3-4,7,11H2,1-2H3,(H,25,29). The summed E-state index contributed by atoms with van der Waals surface area (Å²) in [6.07, 6.45) is 1.23. The Kier molecular flexibility index (Phi) is 7.11. The van der Waals surface area contributed by atoms with E-state index in [-0.39, 0.29) is 29.6 Å². The Morgan fingerprint density at radius 1 is 1.20 bits per heavy atom. The number of hydrogen-bond acceptors (Lipinski definition) is 9. The Hall–Kier alpha value is -4.19. The first kappa shape index (κ1) is 24.0. The highest BCUT2D eigenvalue weighted by Gasteiger charge is 2.27. The molecular weight excluding hydrogens is 476 g/mol. The summed E-state index contributed by atoms with van der Waals surface area (Å²) < 4.78 is 16.4. The number of aromatic nitrogens is 1. The molecule has 1 N–H and O–H groups in total. The van der Waals surface area contributed by atoms with Crippen LogP contribution in [0.25, 0.3) is 0 Å². The predicted octanol–water partition coefficient (Wildman–Crippen LogP) is 4.03. The summed E-state index contributed by atoms with van der Waals surface area (Å²) in [7, 11) is 2.84. The van der Waals surface area contributed by atoms with Crippen molar-refractivity contribution in [3.05, 3.63) is 62.6 Å². The quantitative estimate of drug-likeness (QED) is 0.345. The number of nitro benzene ring substituents is 1. The average Bonchev–Trinajstić information content (AvgIpc) is 3.53. The lowest BCUT2D eigenvalue weighted by Crippen LogP contribution is -2.24. The van der Waals surface area contributed by atoms with E-state index in [2.05, 4.69) is 10.3 Å². The van der Waals surface area contributed by atoms with Crippen molar-refractivity contribution in [2.75, 3.05) is 31.0 Å². The van der Waals surface area contributed by atoms with Crippen molar-refractivity contribution in [3.8, 4) is 17.2 Å². The number of anilines is 2. The Bertz CT molecular complexity index is 1260. The molecule has 1 aliphatic heterocycles. The maximum Gasteiger partial charge on any atom is 0.286 e. The number of benzene rings is 2. The van der Waals surface area contributed by atoms with Gasteiger partial charge in [-0.25, -0.2) is 4.98 Å². The molecule has 0 bridgehead atoms. The first-order valence-electron chi connectivity index (χ1n) is 10.6. The smallest absolute Gasteiger partial charge is 0.286 e. The lowest BCUT2D eigenvalue weighted by molar-refractivity contribution is -0.385. The number of methoxy groups -OCH3 is 2. The topological polar surface area (TPSA) is 133 Å². The van der Waals surface area contributed by atoms with Crippen molar-refractivity contribution in [1.29, 1.82) is 0 Å². The van der Waals surface area contributed by atoms with Gasteiger partial charge in [0, 0.05) is 36.2 Å². The van der Waals surface area contributed by atoms with Gasteiger partial charge >= 0.3 is 0 Å². The maximum atomic E-state index is 13.0. The van der Waals surface area contributed by atoms with Crippen LogP contribution >= 0.6 is 11.3 Å². The van der Waals surface area contributed by atoms with Crippen molar-refractivity contribution in [1.82, 2.24) is 4.98 Å². The summed E-state index contributed by atoms with van der Waals surface area (Å²) in [5.74, 6) is -0.0366. The Morgan fingerprint density at radius 2 is 2.00 bits per heavy atom. The number of ether oxygens (including phenoxy) is 3. The van der Waals surface area contributed by atoms with Gasteiger partial charge in [0.2, 0.25) is 5.91 Å². The SMILES string of the molecule is COc1cc(C(=O)Nc2ccc(N3CCCC3=O)c(OC)c2)c([N+](=O)[O-])cc1OCc1cscn1. The highest BCUT2D eigenvalue weighted by molar-refractivity contribution is 7.07. The summed E-state index contributed by atoms with van der Waals surface area (Å²) in [6, 6.07) is 7.26. The summed E-state index contributed by atoms with van der Waals surface area (Å²) in [4.78, 5) is 42.0. The van der Waals surface area contributed by atoms with Gasteiger partial charge in [0.1, 0.15) is 17.9 Å². The van der Waals surface area contributed by atoms with Gasteiger partial charge in [-0.3, -0.25) is 19.7 Å². The highest BCUT2D eigenvalue weighted by Crippen LogP contribution is 2.37. The van der Waals surface area contributed by atoms with E-state index in [9.17, 15) is 19.7 Å². The molecule has 1 aromatic heterocycles. The monoisotopic (exact) mass is 498 g/mol. The zero-order valence-corrected chi connectivity index (χ0v) is 19.8. The number of thiazole rings is 1. The molecule has 2 heterocycles. The van der Waals surface area contributed by atoms with Crippen LogP contribution in [-0.4, -0.2) is 42.5 Å². The molecule has 35 heavy (non-hydrogen) atoms. The van der Waals surface area contributed by atoms with E-state index in [4.69, 9.17) is 14.2 Å². The van der Waals surface area contributed by atoms with E-state index < -0.39 is 16.5 Å². The number of carbonyl (C=O) groups excluding carboxylic acids is 2. The first-order valence-corrected chi connectivity index (χ1v) is 11.5. The van der Waals surface area contributed by atoms with Gasteiger partial charge in [-0.05, 0) is 18.6 Å². The number of hydrogen-bond donors (Lipinski definition) is 1. The third-order valence-corrected chi connectivity index (χ3v) is 6.02. The summed E-state index contributed by atoms with van der Waals surface area (Å²) in [5, 5.41) is 16.2. The molecule has 4 rings (SSSR count). The number of nitrogens with one attached hydrogen (secondary N) is 1. The third-order valence-electron chi connectivity index (χ3n) is 5.38. The molecular formula is C23H22N4O7S. The largest absolute Gasteiger partial charge is 0.494 e. The highest BCUT2D eigenvalue weighted by atomic mass is 32.1. The second kappa shape index (κ2) is 10.4. The third kappa shape index (κ3) is 5.17. The number of nitrogens with zero attached hydrogens (tertiary/aromatic N) is 3. The van der Waals surface area contributed by atoms with Gasteiger partial charge in [-0.2, -0.15) is 0 Å². The molecule has 2 amide bonds. The van der Waals surface area contributed by atoms with Gasteiger partial charge in [0.25, 0.3) is 11.6 Å². The second-order valence-electron chi connectivity index (χ2n) is 7.54. The molecule has 12 heteroatoms. The van der Waals surface area contributed by atoms with Gasteiger partial charge in [-0.15, -0.1) is 11.3 Å². The van der Waals surface area contributed by atoms with Gasteiger partial charge in [-0.1, -0.05) is 0 Å². The summed E-state index contributed by atoms with van der Waals surface area (Å²) >= 11 is 1.40. The molecule has 0 unspecified atom stereocenters. The van der Waals surface area contributed by atoms with Crippen molar-refractivity contribution < 1.29 is 28.7 Å². The van der Waals surface area contributed by atoms with Crippen LogP contribution in [0.3, 0.4) is 0 Å². The summed E-state index contributed by atoms with van der Waals surface area (Å²) in [6.45, 7) is 0.679. The summed E-state index contributed by atoms with van der Waals surface area (Å²) in [5.41, 5.74) is 2.61. The van der Waals surface area contributed by atoms with E-state index in [1.807, 2.05) is 0 Å². The number of nitro groups is 1. The fourth-order valence-corrected chi connectivity index (χ4v) is 4.24. The molecule has 1 saturated heterocycles. The van der Waals surface area contributed by atoms with Crippen LogP contribution in [0.5, 0.6) is 17.2 Å². The lowest BCUT2D eigenvalue weighted by Gasteiger charge is -2.19. The zero-order valence-electron chi connectivity index (χ0n) is 19.0. The molecule has 1 fully saturated rings. The molecule has 0 radical (unpaired) electrons. The number of amides is 2. The second-order valence-corrected chi connectivity index (χ2v) is 8.25. The van der Waals surface area contributed by atoms with Gasteiger partial charge in [0.05, 0.1) is 42.1 Å². The van der Waals surface area contributed by atoms with Crippen molar-refractivity contribution in [2.24, 2.45) is 0 Å². The fourth-order valence-electron chi connectivity index (χ4n) is 3.69. The molecule has 11 nitrogen and oxygen atoms in total. The molecule has 2 aromatic carbocycles. The van der Waals surface area contributed by atoms with Crippen LogP contribution in [-0.2, 0) is 11.4 Å². The minimum atomic E-state index is -0.715. The van der Waals surface area contributed by atoms with Gasteiger partial charge < -0.3 is 24.4 Å². The van der Waals surface area contributed by atoms with Crippen LogP contribution in [0.2, 0.25) is 0 Å². The van der Waals surface area contributed by atoms with Crippen LogP contribution in [0.1, 0.15) is 28.9 Å². The molecule has 182 valence electrons. The number of rotatable bonds is 9. The van der Waals surface area contributed by atoms with Crippen molar-refractivity contribution in [2.45, 2.75) is 19.4 Å². The van der Waals surface area contributed by atoms with Crippen LogP contribution in [0.15, 0.2) is 41.2 Å². The van der Waals surface area contributed by atoms with E-state index in [0.29, 0.717) is 35.8 Å². The maximum absolute atomic E-state index is 13.0. The zero-order chi connectivity index (χ0) is 24.9. The van der Waals surface area contributed by atoms with E-state index in [0.717, 1.165) is 12.5 Å². The molecule has 0 spiro atoms. The van der Waals surface area contributed by atoms with Crippen LogP contribution < -0.4 is 24.4 Å². The normalized spacial score (nSPS) is 13.0. The molecule has 1 aliphatic rings. The van der Waals surface area contributed by atoms with Crippen molar-refractivity contribution >= 4 is 40.2 Å². The predicted molar refractivity (Wildman–Crippen MR) is 129 cm³/mol. The molecule has 0 atom stereocenters. The Balaban J connectivity index is 1.59. The van der Waals surface area contributed by atoms with Crippen molar-refractivity contribution in [3.63, 3.8) is 0 Å². The molecule has 3 aromatic rings. The average molecular weight is 499 g/mol. The van der Waals surface area contributed by atoms with E-state index >= 15 is 0 Å². The van der Waals surface area contributed by atoms with Crippen LogP contribution in [0, 0.1) is 10.1 Å². The Labute approximate surface area is 204 Å². The van der Waals surface area contributed by atoms with Gasteiger partial charge in [0.15, 0.2) is 11.5 Å².